The molecule has 5 heteroatoms. The number of carbonyl (C=O) groups is 2. The van der Waals surface area contributed by atoms with E-state index in [-0.39, 0.29) is 11.8 Å². The van der Waals surface area contributed by atoms with E-state index >= 15 is 0 Å². The molecule has 2 N–H and O–H groups in total. The van der Waals surface area contributed by atoms with Crippen LogP contribution in [-0.4, -0.2) is 11.8 Å². The maximum atomic E-state index is 11.8. The molecule has 2 amide bonds. The Morgan fingerprint density at radius 1 is 1.14 bits per heavy atom. The summed E-state index contributed by atoms with van der Waals surface area (Å²) in [5.41, 5.74) is 1.31. The van der Waals surface area contributed by atoms with Crippen molar-refractivity contribution in [1.82, 2.24) is 0 Å². The molecule has 0 atom stereocenters. The standard InChI is InChI=1S/C16H16N2O2S/c1-2-15(19)17-12-5-3-6-13(11-12)18-16(20)9-8-14-7-4-10-21-14/h3-11H,2H2,1H3,(H,17,19)(H,18,20)/b9-8+. The van der Waals surface area contributed by atoms with Gasteiger partial charge in [0.15, 0.2) is 0 Å². The van der Waals surface area contributed by atoms with Crippen molar-refractivity contribution in [1.29, 1.82) is 0 Å². The molecule has 4 nitrogen and oxygen atoms in total. The van der Waals surface area contributed by atoms with Crippen LogP contribution in [0.2, 0.25) is 0 Å². The van der Waals surface area contributed by atoms with Crippen molar-refractivity contribution in [3.8, 4) is 0 Å². The summed E-state index contributed by atoms with van der Waals surface area (Å²) < 4.78 is 0. The van der Waals surface area contributed by atoms with Gasteiger partial charge >= 0.3 is 0 Å². The lowest BCUT2D eigenvalue weighted by molar-refractivity contribution is -0.116. The first-order valence-electron chi connectivity index (χ1n) is 6.60. The Morgan fingerprint density at radius 3 is 2.57 bits per heavy atom. The predicted octanol–water partition coefficient (Wildman–Crippen LogP) is 3.75. The second-order valence-corrected chi connectivity index (χ2v) is 5.30. The van der Waals surface area contributed by atoms with Gasteiger partial charge in [-0.05, 0) is 35.7 Å². The number of amides is 2. The minimum atomic E-state index is -0.206. The van der Waals surface area contributed by atoms with E-state index in [1.165, 1.54) is 6.08 Å². The molecule has 0 bridgehead atoms. The number of hydrogen-bond donors (Lipinski definition) is 2. The molecule has 2 rings (SSSR count). The molecule has 0 aliphatic rings. The van der Waals surface area contributed by atoms with E-state index in [9.17, 15) is 9.59 Å². The van der Waals surface area contributed by atoms with Gasteiger partial charge in [0.2, 0.25) is 11.8 Å². The number of anilines is 2. The SMILES string of the molecule is CCC(=O)Nc1cccc(NC(=O)/C=C/c2cccs2)c1. The lowest BCUT2D eigenvalue weighted by Gasteiger charge is -2.06. The Bertz CT molecular complexity index is 648. The third kappa shape index (κ3) is 4.89. The van der Waals surface area contributed by atoms with Crippen LogP contribution < -0.4 is 10.6 Å². The summed E-state index contributed by atoms with van der Waals surface area (Å²) >= 11 is 1.57. The van der Waals surface area contributed by atoms with Gasteiger partial charge in [-0.3, -0.25) is 9.59 Å². The molecule has 1 aromatic heterocycles. The lowest BCUT2D eigenvalue weighted by atomic mass is 10.2. The van der Waals surface area contributed by atoms with E-state index < -0.39 is 0 Å². The number of thiophene rings is 1. The normalized spacial score (nSPS) is 10.5. The summed E-state index contributed by atoms with van der Waals surface area (Å²) in [5, 5.41) is 7.47. The van der Waals surface area contributed by atoms with Crippen molar-refractivity contribution in [3.05, 3.63) is 52.7 Å². The van der Waals surface area contributed by atoms with Crippen molar-refractivity contribution in [2.24, 2.45) is 0 Å². The number of carbonyl (C=O) groups excluding carboxylic acids is 2. The molecule has 21 heavy (non-hydrogen) atoms. The van der Waals surface area contributed by atoms with Crippen LogP contribution >= 0.6 is 11.3 Å². The Morgan fingerprint density at radius 2 is 1.90 bits per heavy atom. The molecule has 0 radical (unpaired) electrons. The predicted molar refractivity (Wildman–Crippen MR) is 87.3 cm³/mol. The first kappa shape index (κ1) is 15.0. The largest absolute Gasteiger partial charge is 0.326 e. The molecular formula is C16H16N2O2S. The average Bonchev–Trinajstić information content (AvgIpc) is 2.98. The fraction of sp³-hybridized carbons (Fsp3) is 0.125. The summed E-state index contributed by atoms with van der Waals surface area (Å²) in [6.45, 7) is 1.79. The molecule has 0 saturated carbocycles. The Kier molecular flexibility index (Phi) is 5.29. The van der Waals surface area contributed by atoms with Crippen LogP contribution in [0.4, 0.5) is 11.4 Å². The van der Waals surface area contributed by atoms with Crippen LogP contribution in [0.25, 0.3) is 6.08 Å². The maximum absolute atomic E-state index is 11.8. The minimum absolute atomic E-state index is 0.0592. The van der Waals surface area contributed by atoms with Crippen LogP contribution in [0.1, 0.15) is 18.2 Å². The number of nitrogens with one attached hydrogen (secondary N) is 2. The monoisotopic (exact) mass is 300 g/mol. The van der Waals surface area contributed by atoms with Crippen molar-refractivity contribution >= 4 is 40.6 Å². The molecule has 0 aliphatic heterocycles. The fourth-order valence-electron chi connectivity index (χ4n) is 1.65. The highest BCUT2D eigenvalue weighted by Crippen LogP contribution is 2.16. The first-order valence-corrected chi connectivity index (χ1v) is 7.48. The van der Waals surface area contributed by atoms with Crippen LogP contribution in [0, 0.1) is 0 Å². The summed E-state index contributed by atoms with van der Waals surface area (Å²) in [5.74, 6) is -0.265. The highest BCUT2D eigenvalue weighted by molar-refractivity contribution is 7.10. The molecule has 1 aromatic carbocycles. The smallest absolute Gasteiger partial charge is 0.248 e. The van der Waals surface area contributed by atoms with Crippen molar-refractivity contribution in [2.45, 2.75) is 13.3 Å². The van der Waals surface area contributed by atoms with Crippen molar-refractivity contribution in [3.63, 3.8) is 0 Å². The third-order valence-electron chi connectivity index (χ3n) is 2.68. The zero-order valence-electron chi connectivity index (χ0n) is 11.6. The summed E-state index contributed by atoms with van der Waals surface area (Å²) in [6.07, 6.45) is 3.67. The average molecular weight is 300 g/mol. The van der Waals surface area contributed by atoms with E-state index in [4.69, 9.17) is 0 Å². The molecule has 108 valence electrons. The van der Waals surface area contributed by atoms with Crippen LogP contribution in [0.15, 0.2) is 47.9 Å². The van der Waals surface area contributed by atoms with Gasteiger partial charge in [0.05, 0.1) is 0 Å². The van der Waals surface area contributed by atoms with Crippen LogP contribution in [0.5, 0.6) is 0 Å². The molecule has 0 aliphatic carbocycles. The molecule has 2 aromatic rings. The van der Waals surface area contributed by atoms with Gasteiger partial charge in [0.25, 0.3) is 0 Å². The van der Waals surface area contributed by atoms with Gasteiger partial charge in [-0.1, -0.05) is 19.1 Å². The zero-order chi connectivity index (χ0) is 15.1. The Labute approximate surface area is 127 Å². The van der Waals surface area contributed by atoms with E-state index in [0.29, 0.717) is 17.8 Å². The van der Waals surface area contributed by atoms with Crippen LogP contribution in [0.3, 0.4) is 0 Å². The van der Waals surface area contributed by atoms with Gasteiger partial charge in [-0.15, -0.1) is 11.3 Å². The van der Waals surface area contributed by atoms with Gasteiger partial charge < -0.3 is 10.6 Å². The van der Waals surface area contributed by atoms with Gasteiger partial charge in [-0.2, -0.15) is 0 Å². The number of rotatable bonds is 5. The topological polar surface area (TPSA) is 58.2 Å². The highest BCUT2D eigenvalue weighted by Gasteiger charge is 2.02. The van der Waals surface area contributed by atoms with E-state index in [0.717, 1.165) is 4.88 Å². The lowest BCUT2D eigenvalue weighted by Crippen LogP contribution is -2.11. The van der Waals surface area contributed by atoms with E-state index in [1.54, 1.807) is 48.6 Å². The molecule has 0 unspecified atom stereocenters. The summed E-state index contributed by atoms with van der Waals surface area (Å²) in [6, 6.07) is 10.9. The number of benzene rings is 1. The first-order chi connectivity index (χ1) is 10.2. The van der Waals surface area contributed by atoms with Gasteiger partial charge in [0, 0.05) is 28.7 Å². The minimum Gasteiger partial charge on any atom is -0.326 e. The van der Waals surface area contributed by atoms with Gasteiger partial charge in [0.1, 0.15) is 0 Å². The second-order valence-electron chi connectivity index (χ2n) is 4.32. The fourth-order valence-corrected chi connectivity index (χ4v) is 2.27. The van der Waals surface area contributed by atoms with Crippen LogP contribution in [-0.2, 0) is 9.59 Å². The summed E-state index contributed by atoms with van der Waals surface area (Å²) in [7, 11) is 0. The molecule has 0 spiro atoms. The van der Waals surface area contributed by atoms with E-state index in [1.807, 2.05) is 17.5 Å². The Balaban J connectivity index is 1.97. The van der Waals surface area contributed by atoms with Crippen molar-refractivity contribution < 1.29 is 9.59 Å². The van der Waals surface area contributed by atoms with Crippen molar-refractivity contribution in [2.75, 3.05) is 10.6 Å². The third-order valence-corrected chi connectivity index (χ3v) is 3.51. The number of hydrogen-bond acceptors (Lipinski definition) is 3. The van der Waals surface area contributed by atoms with E-state index in [2.05, 4.69) is 10.6 Å². The molecule has 0 fully saturated rings. The molecule has 1 heterocycles. The van der Waals surface area contributed by atoms with Gasteiger partial charge in [-0.25, -0.2) is 0 Å². The highest BCUT2D eigenvalue weighted by atomic mass is 32.1. The molecular weight excluding hydrogens is 284 g/mol. The Hall–Kier alpha value is -2.40. The quantitative estimate of drug-likeness (QED) is 0.826. The molecule has 0 saturated heterocycles. The summed E-state index contributed by atoms with van der Waals surface area (Å²) in [4.78, 5) is 24.2. The maximum Gasteiger partial charge on any atom is 0.248 e. The second kappa shape index (κ2) is 7.40. The zero-order valence-corrected chi connectivity index (χ0v) is 12.4.